The van der Waals surface area contributed by atoms with E-state index in [1.165, 1.54) is 6.07 Å². The summed E-state index contributed by atoms with van der Waals surface area (Å²) in [6.45, 7) is 1.84. The summed E-state index contributed by atoms with van der Waals surface area (Å²) in [6.07, 6.45) is 0. The number of halogens is 2. The molecule has 4 aromatic carbocycles. The third kappa shape index (κ3) is 4.53. The van der Waals surface area contributed by atoms with E-state index in [-0.39, 0.29) is 17.8 Å². The summed E-state index contributed by atoms with van der Waals surface area (Å²) in [5.74, 6) is -1.75. The van der Waals surface area contributed by atoms with E-state index >= 15 is 0 Å². The van der Waals surface area contributed by atoms with Crippen molar-refractivity contribution in [1.82, 2.24) is 5.32 Å². The van der Waals surface area contributed by atoms with E-state index in [0.717, 1.165) is 23.3 Å². The molecule has 0 saturated carbocycles. The molecule has 4 rings (SSSR count). The highest BCUT2D eigenvalue weighted by molar-refractivity contribution is 5.69. The van der Waals surface area contributed by atoms with Gasteiger partial charge in [-0.15, -0.1) is 0 Å². The molecule has 3 N–H and O–H groups in total. The Morgan fingerprint density at radius 3 is 2.21 bits per heavy atom. The third-order valence-corrected chi connectivity index (χ3v) is 5.68. The summed E-state index contributed by atoms with van der Waals surface area (Å²) in [5.41, 5.74) is 0.899. The van der Waals surface area contributed by atoms with E-state index in [9.17, 15) is 23.5 Å². The summed E-state index contributed by atoms with van der Waals surface area (Å²) in [4.78, 5) is 23.0. The molecular formula is C26H22F2N2O4. The van der Waals surface area contributed by atoms with Crippen molar-refractivity contribution in [3.8, 4) is 11.5 Å². The first-order valence-corrected chi connectivity index (χ1v) is 10.5. The van der Waals surface area contributed by atoms with Gasteiger partial charge in [-0.25, -0.2) is 8.78 Å². The molecular weight excluding hydrogens is 442 g/mol. The Morgan fingerprint density at radius 1 is 0.853 bits per heavy atom. The second-order valence-electron chi connectivity index (χ2n) is 7.90. The molecule has 0 aromatic heterocycles. The number of hydrogen-bond acceptors (Lipinski definition) is 6. The zero-order valence-electron chi connectivity index (χ0n) is 18.4. The van der Waals surface area contributed by atoms with Gasteiger partial charge >= 0.3 is 0 Å². The lowest BCUT2D eigenvalue weighted by Gasteiger charge is -2.25. The fourth-order valence-electron chi connectivity index (χ4n) is 3.75. The maximum atomic E-state index is 13.8. The van der Waals surface area contributed by atoms with Crippen LogP contribution in [-0.4, -0.2) is 12.2 Å². The quantitative estimate of drug-likeness (QED) is 0.334. The summed E-state index contributed by atoms with van der Waals surface area (Å²) in [7, 11) is 1.57. The van der Waals surface area contributed by atoms with Crippen molar-refractivity contribution >= 4 is 11.4 Å². The lowest BCUT2D eigenvalue weighted by molar-refractivity contribution is 0.414. The highest BCUT2D eigenvalue weighted by Gasteiger charge is 2.22. The molecule has 6 nitrogen and oxygen atoms in total. The van der Waals surface area contributed by atoms with E-state index in [2.05, 4.69) is 10.6 Å². The maximum Gasteiger partial charge on any atom is 0.271 e. The third-order valence-electron chi connectivity index (χ3n) is 5.68. The molecule has 0 saturated heterocycles. The zero-order valence-corrected chi connectivity index (χ0v) is 18.4. The highest BCUT2D eigenvalue weighted by Crippen LogP contribution is 2.30. The minimum absolute atomic E-state index is 0.147. The predicted octanol–water partition coefficient (Wildman–Crippen LogP) is 4.46. The molecule has 0 amide bonds. The molecule has 2 atom stereocenters. The number of aromatic hydroxyl groups is 1. The second kappa shape index (κ2) is 9.44. The smallest absolute Gasteiger partial charge is 0.271 e. The van der Waals surface area contributed by atoms with Crippen molar-refractivity contribution in [3.05, 3.63) is 116 Å². The molecule has 0 heterocycles. The van der Waals surface area contributed by atoms with Gasteiger partial charge in [0.05, 0.1) is 13.2 Å². The molecule has 0 bridgehead atoms. The van der Waals surface area contributed by atoms with Gasteiger partial charge in [-0.3, -0.25) is 14.9 Å². The van der Waals surface area contributed by atoms with E-state index in [0.29, 0.717) is 17.0 Å². The minimum atomic E-state index is -0.925. The molecule has 4 aromatic rings. The van der Waals surface area contributed by atoms with Crippen LogP contribution >= 0.6 is 0 Å². The fraction of sp³-hybridized carbons (Fsp3) is 0.154. The topological polar surface area (TPSA) is 87.7 Å². The normalized spacial score (nSPS) is 12.9. The van der Waals surface area contributed by atoms with E-state index in [1.54, 1.807) is 25.3 Å². The van der Waals surface area contributed by atoms with Crippen molar-refractivity contribution in [2.45, 2.75) is 19.0 Å². The SMILES string of the molecule is COc1ccc(C(N[C@@H](C)c2ccc(F)c(F)c2)c2cccc(Nc3c(O)c(=O)c3=O)c2)cc1. The lowest BCUT2D eigenvalue weighted by Crippen LogP contribution is -2.32. The van der Waals surface area contributed by atoms with E-state index in [1.807, 2.05) is 37.3 Å². The Hall–Kier alpha value is -4.04. The maximum absolute atomic E-state index is 13.8. The van der Waals surface area contributed by atoms with Crippen molar-refractivity contribution in [3.63, 3.8) is 0 Å². The number of hydrogen-bond donors (Lipinski definition) is 3. The summed E-state index contributed by atoms with van der Waals surface area (Å²) in [6, 6.07) is 17.5. The Kier molecular flexibility index (Phi) is 6.43. The van der Waals surface area contributed by atoms with Gasteiger partial charge in [0.15, 0.2) is 17.4 Å². The molecule has 1 unspecified atom stereocenters. The number of nitrogens with one attached hydrogen (secondary N) is 2. The van der Waals surface area contributed by atoms with Crippen LogP contribution in [0.1, 0.15) is 35.7 Å². The number of ether oxygens (including phenoxy) is 1. The molecule has 0 radical (unpaired) electrons. The van der Waals surface area contributed by atoms with Crippen molar-refractivity contribution < 1.29 is 18.6 Å². The van der Waals surface area contributed by atoms with Gasteiger partial charge in [-0.1, -0.05) is 30.3 Å². The van der Waals surface area contributed by atoms with Gasteiger partial charge in [-0.05, 0) is 60.0 Å². The zero-order chi connectivity index (χ0) is 24.4. The summed E-state index contributed by atoms with van der Waals surface area (Å²) >= 11 is 0. The van der Waals surface area contributed by atoms with Gasteiger partial charge in [0.2, 0.25) is 0 Å². The fourth-order valence-corrected chi connectivity index (χ4v) is 3.75. The molecule has 8 heteroatoms. The Balaban J connectivity index is 1.68. The van der Waals surface area contributed by atoms with Gasteiger partial charge in [0.25, 0.3) is 10.9 Å². The number of methoxy groups -OCH3 is 1. The largest absolute Gasteiger partial charge is 0.502 e. The van der Waals surface area contributed by atoms with Crippen LogP contribution in [0.3, 0.4) is 0 Å². The molecule has 0 fully saturated rings. The van der Waals surface area contributed by atoms with Crippen LogP contribution in [0.4, 0.5) is 20.2 Å². The molecule has 0 aliphatic rings. The van der Waals surface area contributed by atoms with Crippen LogP contribution in [0, 0.1) is 11.6 Å². The molecule has 0 aliphatic carbocycles. The van der Waals surface area contributed by atoms with Crippen molar-refractivity contribution in [2.24, 2.45) is 0 Å². The number of anilines is 2. The van der Waals surface area contributed by atoms with Crippen molar-refractivity contribution in [2.75, 3.05) is 12.4 Å². The first-order chi connectivity index (χ1) is 16.3. The first-order valence-electron chi connectivity index (χ1n) is 10.5. The van der Waals surface area contributed by atoms with Gasteiger partial charge < -0.3 is 15.2 Å². The van der Waals surface area contributed by atoms with Gasteiger partial charge in [0, 0.05) is 11.7 Å². The molecule has 0 spiro atoms. The van der Waals surface area contributed by atoms with Crippen LogP contribution < -0.4 is 26.2 Å². The number of benzene rings is 3. The molecule has 0 aliphatic heterocycles. The van der Waals surface area contributed by atoms with Crippen LogP contribution in [0.25, 0.3) is 0 Å². The standard InChI is InChI=1S/C26H22F2N2O4/c1-14(16-8-11-20(27)21(28)13-16)29-22(15-6-9-19(34-2)10-7-15)17-4-3-5-18(12-17)30-23-24(31)26(33)25(23)32/h3-14,22,29-31H,1-2H3/t14-,22?/m0/s1. The summed E-state index contributed by atoms with van der Waals surface area (Å²) in [5, 5.41) is 15.9. The van der Waals surface area contributed by atoms with Crippen LogP contribution in [-0.2, 0) is 0 Å². The predicted molar refractivity (Wildman–Crippen MR) is 125 cm³/mol. The lowest BCUT2D eigenvalue weighted by atomic mass is 9.96. The van der Waals surface area contributed by atoms with Gasteiger partial charge in [-0.2, -0.15) is 0 Å². The second-order valence-corrected chi connectivity index (χ2v) is 7.90. The van der Waals surface area contributed by atoms with Crippen LogP contribution in [0.2, 0.25) is 0 Å². The highest BCUT2D eigenvalue weighted by atomic mass is 19.2. The van der Waals surface area contributed by atoms with Crippen molar-refractivity contribution in [1.29, 1.82) is 0 Å². The molecule has 34 heavy (non-hydrogen) atoms. The van der Waals surface area contributed by atoms with Gasteiger partial charge in [0.1, 0.15) is 11.4 Å². The van der Waals surface area contributed by atoms with E-state index in [4.69, 9.17) is 4.74 Å². The average Bonchev–Trinajstić information content (AvgIpc) is 2.87. The van der Waals surface area contributed by atoms with Crippen LogP contribution in [0.15, 0.2) is 76.3 Å². The Labute approximate surface area is 194 Å². The monoisotopic (exact) mass is 464 g/mol. The van der Waals surface area contributed by atoms with Crippen LogP contribution in [0.5, 0.6) is 11.5 Å². The number of rotatable bonds is 8. The Bertz CT molecular complexity index is 1400. The first kappa shape index (κ1) is 23.1. The molecule has 174 valence electrons. The minimum Gasteiger partial charge on any atom is -0.502 e. The van der Waals surface area contributed by atoms with E-state index < -0.39 is 28.2 Å². The Morgan fingerprint density at radius 2 is 1.56 bits per heavy atom. The average molecular weight is 464 g/mol. The summed E-state index contributed by atoms with van der Waals surface area (Å²) < 4.78 is 32.5.